The highest BCUT2D eigenvalue weighted by Gasteiger charge is 2.56. The fourth-order valence-electron chi connectivity index (χ4n) is 3.94. The molecule has 0 radical (unpaired) electrons. The molecule has 106 valence electrons. The molecule has 1 fully saturated rings. The molecule has 0 aromatic heterocycles. The van der Waals surface area contributed by atoms with Gasteiger partial charge in [-0.05, 0) is 55.1 Å². The first-order valence-corrected chi connectivity index (χ1v) is 8.04. The van der Waals surface area contributed by atoms with Crippen LogP contribution in [0.5, 0.6) is 0 Å². The Morgan fingerprint density at radius 1 is 1.25 bits per heavy atom. The third-order valence-corrected chi connectivity index (χ3v) is 5.03. The van der Waals surface area contributed by atoms with E-state index in [4.69, 9.17) is 0 Å². The molecule has 2 aliphatic rings. The zero-order valence-corrected chi connectivity index (χ0v) is 12.2. The lowest BCUT2D eigenvalue weighted by molar-refractivity contribution is -0.120. The molecule has 3 rings (SSSR count). The third kappa shape index (κ3) is 2.59. The first-order chi connectivity index (χ1) is 9.83. The molecule has 3 atom stereocenters. The molecule has 0 heterocycles. The maximum absolute atomic E-state index is 12.4. The smallest absolute Gasteiger partial charge is 0.136 e. The second-order valence-electron chi connectivity index (χ2n) is 6.31. The van der Waals surface area contributed by atoms with Gasteiger partial charge >= 0.3 is 0 Å². The molecule has 20 heavy (non-hydrogen) atoms. The zero-order chi connectivity index (χ0) is 13.9. The quantitative estimate of drug-likeness (QED) is 0.519. The molecule has 1 heteroatoms. The first-order valence-electron chi connectivity index (χ1n) is 8.04. The summed E-state index contributed by atoms with van der Waals surface area (Å²) >= 11 is 0. The lowest BCUT2D eigenvalue weighted by Gasteiger charge is -2.13. The van der Waals surface area contributed by atoms with Crippen LogP contribution >= 0.6 is 0 Å². The van der Waals surface area contributed by atoms with Crippen LogP contribution < -0.4 is 0 Å². The van der Waals surface area contributed by atoms with Gasteiger partial charge in [0, 0.05) is 12.3 Å². The Balaban J connectivity index is 1.53. The zero-order valence-electron chi connectivity index (χ0n) is 12.2. The maximum atomic E-state index is 12.4. The van der Waals surface area contributed by atoms with Gasteiger partial charge in [-0.1, -0.05) is 36.8 Å². The summed E-state index contributed by atoms with van der Waals surface area (Å²) in [5, 5.41) is 0. The molecule has 0 N–H and O–H groups in total. The van der Waals surface area contributed by atoms with E-state index < -0.39 is 0 Å². The number of aryl methyl sites for hydroxylation is 1. The summed E-state index contributed by atoms with van der Waals surface area (Å²) in [6, 6.07) is 8.72. The molecule has 0 spiro atoms. The monoisotopic (exact) mass is 268 g/mol. The summed E-state index contributed by atoms with van der Waals surface area (Å²) in [4.78, 5) is 12.4. The van der Waals surface area contributed by atoms with E-state index in [-0.39, 0.29) is 0 Å². The number of rotatable bonds is 7. The second kappa shape index (κ2) is 5.95. The van der Waals surface area contributed by atoms with E-state index in [1.54, 1.807) is 0 Å². The van der Waals surface area contributed by atoms with Crippen LogP contribution in [0.15, 0.2) is 36.9 Å². The van der Waals surface area contributed by atoms with Crippen LogP contribution in [-0.2, 0) is 11.2 Å². The molecule has 0 amide bonds. The van der Waals surface area contributed by atoms with E-state index in [1.165, 1.54) is 30.4 Å². The number of fused-ring (bicyclic) bond motifs is 3. The van der Waals surface area contributed by atoms with Gasteiger partial charge in [0.1, 0.15) is 5.78 Å². The molecule has 2 aliphatic carbocycles. The number of allylic oxidation sites excluding steroid dienone is 1. The van der Waals surface area contributed by atoms with Crippen molar-refractivity contribution in [2.24, 2.45) is 11.8 Å². The van der Waals surface area contributed by atoms with Crippen LogP contribution in [-0.4, -0.2) is 5.78 Å². The van der Waals surface area contributed by atoms with Crippen molar-refractivity contribution in [3.05, 3.63) is 48.0 Å². The van der Waals surface area contributed by atoms with E-state index in [1.807, 2.05) is 6.08 Å². The third-order valence-electron chi connectivity index (χ3n) is 5.03. The number of ketones is 1. The molecular formula is C19H24O. The van der Waals surface area contributed by atoms with Gasteiger partial charge in [0.05, 0.1) is 0 Å². The normalized spacial score (nSPS) is 26.5. The molecule has 1 nitrogen and oxygen atoms in total. The number of Topliss-reactive ketones (excluding diaryl/α,β-unsaturated/α-hetero) is 1. The summed E-state index contributed by atoms with van der Waals surface area (Å²) in [5.74, 6) is 2.08. The van der Waals surface area contributed by atoms with Crippen LogP contribution in [0.3, 0.4) is 0 Å². The summed E-state index contributed by atoms with van der Waals surface area (Å²) in [7, 11) is 0. The number of hydrogen-bond donors (Lipinski definition) is 0. The fourth-order valence-corrected chi connectivity index (χ4v) is 3.94. The van der Waals surface area contributed by atoms with Crippen molar-refractivity contribution >= 4 is 5.78 Å². The minimum Gasteiger partial charge on any atom is -0.299 e. The molecule has 1 aromatic rings. The predicted molar refractivity (Wildman–Crippen MR) is 82.8 cm³/mol. The van der Waals surface area contributed by atoms with Crippen molar-refractivity contribution in [3.63, 3.8) is 0 Å². The van der Waals surface area contributed by atoms with Crippen molar-refractivity contribution in [3.8, 4) is 0 Å². The molecule has 1 aromatic carbocycles. The number of carbonyl (C=O) groups is 1. The Labute approximate surface area is 122 Å². The summed E-state index contributed by atoms with van der Waals surface area (Å²) in [5.41, 5.74) is 2.95. The SMILES string of the molecule is C=CCCCCCC(=O)C1C2CCc3ccccc3C21. The van der Waals surface area contributed by atoms with E-state index >= 15 is 0 Å². The standard InChI is InChI=1S/C19H24O/c1-2-3-4-5-6-11-17(20)19-16-13-12-14-9-7-8-10-15(14)18(16)19/h2,7-10,16,18-19H,1,3-6,11-13H2. The van der Waals surface area contributed by atoms with E-state index in [9.17, 15) is 4.79 Å². The highest BCUT2D eigenvalue weighted by atomic mass is 16.1. The van der Waals surface area contributed by atoms with Gasteiger partial charge in [-0.15, -0.1) is 6.58 Å². The number of hydrogen-bond acceptors (Lipinski definition) is 1. The largest absolute Gasteiger partial charge is 0.299 e. The Kier molecular flexibility index (Phi) is 4.05. The van der Waals surface area contributed by atoms with Gasteiger partial charge in [-0.2, -0.15) is 0 Å². The van der Waals surface area contributed by atoms with Crippen LogP contribution in [0.4, 0.5) is 0 Å². The average Bonchev–Trinajstić information content (AvgIpc) is 3.22. The second-order valence-corrected chi connectivity index (χ2v) is 6.31. The van der Waals surface area contributed by atoms with Crippen molar-refractivity contribution in [1.29, 1.82) is 0 Å². The molecular weight excluding hydrogens is 244 g/mol. The average molecular weight is 268 g/mol. The molecule has 0 bridgehead atoms. The van der Waals surface area contributed by atoms with Crippen LogP contribution in [0.25, 0.3) is 0 Å². The van der Waals surface area contributed by atoms with Gasteiger partial charge in [0.25, 0.3) is 0 Å². The van der Waals surface area contributed by atoms with E-state index in [0.717, 1.165) is 25.7 Å². The minimum absolute atomic E-state index is 0.345. The Morgan fingerprint density at radius 2 is 2.10 bits per heavy atom. The van der Waals surface area contributed by atoms with E-state index in [2.05, 4.69) is 30.8 Å². The summed E-state index contributed by atoms with van der Waals surface area (Å²) in [6.45, 7) is 3.74. The molecule has 0 aliphatic heterocycles. The molecule has 1 saturated carbocycles. The van der Waals surface area contributed by atoms with Crippen LogP contribution in [0.2, 0.25) is 0 Å². The lowest BCUT2D eigenvalue weighted by atomic mass is 9.92. The topological polar surface area (TPSA) is 17.1 Å². The number of unbranched alkanes of at least 4 members (excludes halogenated alkanes) is 3. The Hall–Kier alpha value is -1.37. The minimum atomic E-state index is 0.345. The van der Waals surface area contributed by atoms with Gasteiger partial charge in [0.15, 0.2) is 0 Å². The van der Waals surface area contributed by atoms with Crippen molar-refractivity contribution in [2.45, 2.75) is 50.9 Å². The van der Waals surface area contributed by atoms with Crippen molar-refractivity contribution < 1.29 is 4.79 Å². The van der Waals surface area contributed by atoms with Gasteiger partial charge in [-0.25, -0.2) is 0 Å². The summed E-state index contributed by atoms with van der Waals surface area (Å²) < 4.78 is 0. The highest BCUT2D eigenvalue weighted by Crippen LogP contribution is 2.60. The van der Waals surface area contributed by atoms with E-state index in [0.29, 0.717) is 23.5 Å². The Morgan fingerprint density at radius 3 is 2.95 bits per heavy atom. The molecule has 3 unspecified atom stereocenters. The van der Waals surface area contributed by atoms with Crippen LogP contribution in [0.1, 0.15) is 55.6 Å². The first kappa shape index (κ1) is 13.6. The highest BCUT2D eigenvalue weighted by molar-refractivity contribution is 5.86. The number of benzene rings is 1. The maximum Gasteiger partial charge on any atom is 0.136 e. The van der Waals surface area contributed by atoms with Crippen LogP contribution in [0, 0.1) is 11.8 Å². The fraction of sp³-hybridized carbons (Fsp3) is 0.526. The number of carbonyl (C=O) groups excluding carboxylic acids is 1. The van der Waals surface area contributed by atoms with Gasteiger partial charge < -0.3 is 0 Å². The van der Waals surface area contributed by atoms with Gasteiger partial charge in [0.2, 0.25) is 0 Å². The molecule has 0 saturated heterocycles. The predicted octanol–water partition coefficient (Wildman–Crippen LogP) is 4.67. The van der Waals surface area contributed by atoms with Crippen molar-refractivity contribution in [2.75, 3.05) is 0 Å². The van der Waals surface area contributed by atoms with Crippen molar-refractivity contribution in [1.82, 2.24) is 0 Å². The lowest BCUT2D eigenvalue weighted by Crippen LogP contribution is -2.02. The van der Waals surface area contributed by atoms with Gasteiger partial charge in [-0.3, -0.25) is 4.79 Å². The Bertz CT molecular complexity index is 502. The summed E-state index contributed by atoms with van der Waals surface area (Å²) in [6.07, 6.45) is 9.62.